The molecule has 12 heteroatoms. The van der Waals surface area contributed by atoms with Gasteiger partial charge in [-0.3, -0.25) is 9.79 Å². The van der Waals surface area contributed by atoms with Crippen LogP contribution in [0.15, 0.2) is 35.5 Å². The molecule has 3 rings (SSSR count). The van der Waals surface area contributed by atoms with Gasteiger partial charge in [0.05, 0.1) is 10.8 Å². The molecule has 1 aliphatic heterocycles. The van der Waals surface area contributed by atoms with Crippen LogP contribution in [-0.4, -0.2) is 35.9 Å². The van der Waals surface area contributed by atoms with Crippen LogP contribution in [0.4, 0.5) is 18.9 Å². The molecule has 1 aromatic heterocycles. The van der Waals surface area contributed by atoms with E-state index in [-0.39, 0.29) is 16.3 Å². The number of halogens is 4. The van der Waals surface area contributed by atoms with E-state index in [1.54, 1.807) is 0 Å². The van der Waals surface area contributed by atoms with Crippen molar-refractivity contribution >= 4 is 38.9 Å². The van der Waals surface area contributed by atoms with Gasteiger partial charge in [0, 0.05) is 17.4 Å². The second-order valence-electron chi connectivity index (χ2n) is 7.08. The van der Waals surface area contributed by atoms with E-state index < -0.39 is 55.2 Å². The van der Waals surface area contributed by atoms with Crippen LogP contribution in [-0.2, 0) is 15.4 Å². The number of carbonyl (C=O) groups excluding carboxylic acids is 1. The summed E-state index contributed by atoms with van der Waals surface area (Å²) in [5, 5.41) is -0.551. The molecule has 1 aliphatic rings. The van der Waals surface area contributed by atoms with Crippen molar-refractivity contribution < 1.29 is 26.4 Å². The zero-order valence-electron chi connectivity index (χ0n) is 15.7. The van der Waals surface area contributed by atoms with Crippen LogP contribution in [0.3, 0.4) is 0 Å². The van der Waals surface area contributed by atoms with E-state index >= 15 is 0 Å². The Morgan fingerprint density at radius 1 is 1.23 bits per heavy atom. The molecule has 160 valence electrons. The van der Waals surface area contributed by atoms with Crippen molar-refractivity contribution in [1.82, 2.24) is 4.98 Å². The second kappa shape index (κ2) is 7.24. The number of sulfone groups is 1. The maximum Gasteiger partial charge on any atom is 0.277 e. The number of carbonyl (C=O) groups is 1. The number of aliphatic imine (C=N–C) groups is 1. The van der Waals surface area contributed by atoms with Gasteiger partial charge < -0.3 is 11.1 Å². The maximum atomic E-state index is 14.5. The Morgan fingerprint density at radius 2 is 1.90 bits per heavy atom. The largest absolute Gasteiger partial charge is 0.384 e. The average Bonchev–Trinajstić information content (AvgIpc) is 2.61. The topological polar surface area (TPSA) is 115 Å². The average molecular weight is 461 g/mol. The SMILES string of the molecule is C[C@]1(F)C(N)=N[C@](C)(c2cc(NC(=O)c3ncc(Cl)cc3F)ccc2F)CS1(=O)=O. The summed E-state index contributed by atoms with van der Waals surface area (Å²) in [5.74, 6) is -4.41. The summed E-state index contributed by atoms with van der Waals surface area (Å²) in [4.78, 5) is 19.8. The van der Waals surface area contributed by atoms with Crippen molar-refractivity contribution in [2.75, 3.05) is 11.1 Å². The Bertz CT molecular complexity index is 1190. The summed E-state index contributed by atoms with van der Waals surface area (Å²) < 4.78 is 67.6. The fourth-order valence-electron chi connectivity index (χ4n) is 2.99. The third-order valence-electron chi connectivity index (χ3n) is 4.71. The first-order valence-electron chi connectivity index (χ1n) is 8.46. The highest BCUT2D eigenvalue weighted by atomic mass is 35.5. The number of amides is 1. The number of anilines is 1. The maximum absolute atomic E-state index is 14.5. The van der Waals surface area contributed by atoms with Crippen LogP contribution in [0.1, 0.15) is 29.9 Å². The zero-order valence-corrected chi connectivity index (χ0v) is 17.3. The Kier molecular flexibility index (Phi) is 5.32. The van der Waals surface area contributed by atoms with Gasteiger partial charge in [-0.1, -0.05) is 11.6 Å². The van der Waals surface area contributed by atoms with Gasteiger partial charge in [-0.15, -0.1) is 0 Å². The minimum absolute atomic E-state index is 0.00476. The Hall–Kier alpha value is -2.66. The van der Waals surface area contributed by atoms with Gasteiger partial charge >= 0.3 is 0 Å². The van der Waals surface area contributed by atoms with E-state index in [1.807, 2.05) is 0 Å². The van der Waals surface area contributed by atoms with Crippen LogP contribution in [0.25, 0.3) is 0 Å². The molecule has 0 fully saturated rings. The first-order valence-corrected chi connectivity index (χ1v) is 10.5. The Morgan fingerprint density at radius 3 is 2.50 bits per heavy atom. The third kappa shape index (κ3) is 3.74. The van der Waals surface area contributed by atoms with E-state index in [0.717, 1.165) is 31.3 Å². The highest BCUT2D eigenvalue weighted by Gasteiger charge is 2.53. The summed E-state index contributed by atoms with van der Waals surface area (Å²) in [6.07, 6.45) is 1.08. The summed E-state index contributed by atoms with van der Waals surface area (Å²) in [6.45, 7) is 2.04. The fourth-order valence-corrected chi connectivity index (χ4v) is 4.73. The molecule has 1 aromatic carbocycles. The smallest absolute Gasteiger partial charge is 0.277 e. The van der Waals surface area contributed by atoms with E-state index in [2.05, 4.69) is 15.3 Å². The molecule has 30 heavy (non-hydrogen) atoms. The normalized spacial score (nSPS) is 25.5. The number of rotatable bonds is 3. The number of hydrogen-bond acceptors (Lipinski definition) is 6. The molecule has 0 spiro atoms. The molecule has 0 saturated heterocycles. The summed E-state index contributed by atoms with van der Waals surface area (Å²) in [5.41, 5.74) is 2.99. The van der Waals surface area contributed by atoms with Crippen molar-refractivity contribution in [3.05, 3.63) is 58.4 Å². The number of nitrogens with two attached hydrogens (primary N) is 1. The number of aromatic nitrogens is 1. The summed E-state index contributed by atoms with van der Waals surface area (Å²) >= 11 is 5.60. The van der Waals surface area contributed by atoms with Crippen molar-refractivity contribution in [3.63, 3.8) is 0 Å². The van der Waals surface area contributed by atoms with Gasteiger partial charge in [0.15, 0.2) is 21.3 Å². The molecule has 0 bridgehead atoms. The molecule has 0 radical (unpaired) electrons. The highest BCUT2D eigenvalue weighted by molar-refractivity contribution is 7.93. The van der Waals surface area contributed by atoms with Gasteiger partial charge in [-0.05, 0) is 38.1 Å². The number of benzene rings is 1. The second-order valence-corrected chi connectivity index (χ2v) is 9.80. The zero-order chi connectivity index (χ0) is 22.5. The summed E-state index contributed by atoms with van der Waals surface area (Å²) in [7, 11) is -4.42. The molecule has 2 aromatic rings. The number of alkyl halides is 1. The van der Waals surface area contributed by atoms with Crippen LogP contribution in [0.5, 0.6) is 0 Å². The number of nitrogens with one attached hydrogen (secondary N) is 1. The minimum atomic E-state index is -4.42. The lowest BCUT2D eigenvalue weighted by Crippen LogP contribution is -2.54. The number of amidine groups is 1. The van der Waals surface area contributed by atoms with Gasteiger partial charge in [-0.25, -0.2) is 26.6 Å². The van der Waals surface area contributed by atoms with Crippen molar-refractivity contribution in [2.24, 2.45) is 10.7 Å². The Labute approximate surface area is 175 Å². The van der Waals surface area contributed by atoms with E-state index in [4.69, 9.17) is 17.3 Å². The lowest BCUT2D eigenvalue weighted by Gasteiger charge is -2.35. The number of pyridine rings is 1. The van der Waals surface area contributed by atoms with E-state index in [9.17, 15) is 26.4 Å². The summed E-state index contributed by atoms with van der Waals surface area (Å²) in [6, 6.07) is 4.16. The monoisotopic (exact) mass is 460 g/mol. The van der Waals surface area contributed by atoms with Crippen LogP contribution in [0.2, 0.25) is 5.02 Å². The molecule has 2 heterocycles. The lowest BCUT2D eigenvalue weighted by atomic mass is 9.93. The Balaban J connectivity index is 2.00. The van der Waals surface area contributed by atoms with Crippen LogP contribution < -0.4 is 11.1 Å². The molecule has 3 N–H and O–H groups in total. The van der Waals surface area contributed by atoms with Gasteiger partial charge in [-0.2, -0.15) is 0 Å². The fraction of sp³-hybridized carbons (Fsp3) is 0.278. The quantitative estimate of drug-likeness (QED) is 0.730. The van der Waals surface area contributed by atoms with Crippen molar-refractivity contribution in [2.45, 2.75) is 24.4 Å². The van der Waals surface area contributed by atoms with Gasteiger partial charge in [0.25, 0.3) is 10.9 Å². The third-order valence-corrected chi connectivity index (χ3v) is 7.23. The van der Waals surface area contributed by atoms with E-state index in [1.165, 1.54) is 13.0 Å². The lowest BCUT2D eigenvalue weighted by molar-refractivity contribution is 0.101. The number of nitrogens with zero attached hydrogens (tertiary/aromatic N) is 2. The molecule has 0 saturated carbocycles. The molecule has 2 atom stereocenters. The predicted octanol–water partition coefficient (Wildman–Crippen LogP) is 2.95. The predicted molar refractivity (Wildman–Crippen MR) is 106 cm³/mol. The standard InChI is InChI=1S/C18H16ClF3N4O3S/c1-17(8-30(28,29)18(2,22)16(23)26-17)11-6-10(3-4-12(11)20)25-15(27)14-13(21)5-9(19)7-24-14/h3-7H,8H2,1-2H3,(H2,23,26)(H,25,27)/t17-,18+/m0/s1. The van der Waals surface area contributed by atoms with E-state index in [0.29, 0.717) is 0 Å². The van der Waals surface area contributed by atoms with Crippen molar-refractivity contribution in [1.29, 1.82) is 0 Å². The molecule has 7 nitrogen and oxygen atoms in total. The molecular formula is C18H16ClF3N4O3S. The van der Waals surface area contributed by atoms with Crippen molar-refractivity contribution in [3.8, 4) is 0 Å². The minimum Gasteiger partial charge on any atom is -0.384 e. The molecule has 1 amide bonds. The first-order chi connectivity index (χ1) is 13.8. The molecule has 0 unspecified atom stereocenters. The number of hydrogen-bond donors (Lipinski definition) is 2. The van der Waals surface area contributed by atoms with Crippen LogP contribution >= 0.6 is 11.6 Å². The molecule has 0 aliphatic carbocycles. The molecular weight excluding hydrogens is 445 g/mol. The van der Waals surface area contributed by atoms with Gasteiger partial charge in [0.1, 0.15) is 17.2 Å². The van der Waals surface area contributed by atoms with Crippen LogP contribution in [0, 0.1) is 11.6 Å². The van der Waals surface area contributed by atoms with Gasteiger partial charge in [0.2, 0.25) is 0 Å². The highest BCUT2D eigenvalue weighted by Crippen LogP contribution is 2.39. The first kappa shape index (κ1) is 22.0.